The molecule has 3 heterocycles. The molecule has 0 saturated carbocycles. The minimum Gasteiger partial charge on any atom is -0.477 e. The van der Waals surface area contributed by atoms with Crippen molar-refractivity contribution in [3.05, 3.63) is 34.2 Å². The number of hydrogen-bond acceptors (Lipinski definition) is 6. The summed E-state index contributed by atoms with van der Waals surface area (Å²) in [7, 11) is 0. The molecule has 98 valence electrons. The van der Waals surface area contributed by atoms with E-state index in [2.05, 4.69) is 15.4 Å². The second kappa shape index (κ2) is 4.71. The van der Waals surface area contributed by atoms with E-state index in [0.717, 1.165) is 4.88 Å². The van der Waals surface area contributed by atoms with Crippen LogP contribution in [0.5, 0.6) is 0 Å². The topological polar surface area (TPSA) is 80.0 Å². The summed E-state index contributed by atoms with van der Waals surface area (Å²) in [5, 5.41) is 18.9. The second-order valence-corrected chi connectivity index (χ2v) is 5.59. The molecule has 19 heavy (non-hydrogen) atoms. The maximum Gasteiger partial charge on any atom is 0.352 e. The number of hydrogen-bond donors (Lipinski definition) is 2. The molecule has 1 aliphatic heterocycles. The Balaban J connectivity index is 2.10. The van der Waals surface area contributed by atoms with Crippen LogP contribution >= 0.6 is 23.1 Å². The molecule has 0 saturated heterocycles. The van der Waals surface area contributed by atoms with Gasteiger partial charge in [-0.2, -0.15) is 4.98 Å². The Labute approximate surface area is 117 Å². The van der Waals surface area contributed by atoms with Crippen molar-refractivity contribution in [3.8, 4) is 0 Å². The lowest BCUT2D eigenvalue weighted by Gasteiger charge is -2.20. The number of anilines is 1. The van der Waals surface area contributed by atoms with Crippen LogP contribution in [0.3, 0.4) is 0 Å². The van der Waals surface area contributed by atoms with Crippen molar-refractivity contribution in [2.24, 2.45) is 0 Å². The summed E-state index contributed by atoms with van der Waals surface area (Å²) in [6.07, 6.45) is 3.53. The third kappa shape index (κ3) is 2.13. The summed E-state index contributed by atoms with van der Waals surface area (Å²) in [5.41, 5.74) is 0.131. The van der Waals surface area contributed by atoms with Gasteiger partial charge in [0.15, 0.2) is 0 Å². The van der Waals surface area contributed by atoms with Crippen molar-refractivity contribution in [3.63, 3.8) is 0 Å². The first kappa shape index (κ1) is 12.2. The monoisotopic (exact) mass is 294 g/mol. The highest BCUT2D eigenvalue weighted by molar-refractivity contribution is 7.98. The van der Waals surface area contributed by atoms with Crippen LogP contribution in [0.25, 0.3) is 0 Å². The van der Waals surface area contributed by atoms with E-state index in [4.69, 9.17) is 5.11 Å². The molecule has 2 aromatic heterocycles. The van der Waals surface area contributed by atoms with Gasteiger partial charge in [0.25, 0.3) is 0 Å². The molecule has 0 unspecified atom stereocenters. The predicted octanol–water partition coefficient (Wildman–Crippen LogP) is 2.04. The number of rotatable bonds is 3. The van der Waals surface area contributed by atoms with Gasteiger partial charge in [-0.25, -0.2) is 9.48 Å². The van der Waals surface area contributed by atoms with Crippen LogP contribution < -0.4 is 5.32 Å². The van der Waals surface area contributed by atoms with Gasteiger partial charge in [0, 0.05) is 4.88 Å². The number of fused-ring (bicyclic) bond motifs is 1. The van der Waals surface area contributed by atoms with Crippen molar-refractivity contribution in [1.29, 1.82) is 0 Å². The standard InChI is InChI=1S/C11H10N4O2S2/c1-18-11-13-10-12-6(9(16)17)5-7(15(10)14-11)8-3-2-4-19-8/h2-5,7H,1H3,(H,16,17)(H,12,13,14)/t7-/m1/s1. The van der Waals surface area contributed by atoms with E-state index in [0.29, 0.717) is 11.1 Å². The zero-order valence-electron chi connectivity index (χ0n) is 9.90. The molecule has 0 fully saturated rings. The number of nitrogens with one attached hydrogen (secondary N) is 1. The molecule has 0 spiro atoms. The predicted molar refractivity (Wildman–Crippen MR) is 73.6 cm³/mol. The van der Waals surface area contributed by atoms with Gasteiger partial charge in [0.05, 0.1) is 0 Å². The highest BCUT2D eigenvalue weighted by atomic mass is 32.2. The maximum atomic E-state index is 11.2. The Kier molecular flexibility index (Phi) is 3.03. The molecule has 2 aromatic rings. The van der Waals surface area contributed by atoms with Crippen LogP contribution in [0.15, 0.2) is 34.4 Å². The fraction of sp³-hybridized carbons (Fsp3) is 0.182. The smallest absolute Gasteiger partial charge is 0.352 e. The number of carboxylic acid groups (broad SMARTS) is 1. The van der Waals surface area contributed by atoms with E-state index >= 15 is 0 Å². The molecule has 0 radical (unpaired) electrons. The van der Waals surface area contributed by atoms with E-state index in [-0.39, 0.29) is 11.7 Å². The fourth-order valence-electron chi connectivity index (χ4n) is 1.85. The number of carboxylic acids is 1. The van der Waals surface area contributed by atoms with Crippen molar-refractivity contribution in [2.75, 3.05) is 11.6 Å². The number of aliphatic carboxylic acids is 1. The minimum absolute atomic E-state index is 0.131. The van der Waals surface area contributed by atoms with Crippen molar-refractivity contribution < 1.29 is 9.90 Å². The van der Waals surface area contributed by atoms with Gasteiger partial charge in [-0.15, -0.1) is 16.4 Å². The molecule has 8 heteroatoms. The lowest BCUT2D eigenvalue weighted by molar-refractivity contribution is -0.132. The average Bonchev–Trinajstić information content (AvgIpc) is 3.05. The van der Waals surface area contributed by atoms with Crippen LogP contribution in [0, 0.1) is 0 Å². The normalized spacial score (nSPS) is 17.5. The van der Waals surface area contributed by atoms with Gasteiger partial charge >= 0.3 is 5.97 Å². The zero-order chi connectivity index (χ0) is 13.4. The molecular weight excluding hydrogens is 284 g/mol. The molecule has 0 bridgehead atoms. The third-order valence-corrected chi connectivity index (χ3v) is 4.18. The summed E-state index contributed by atoms with van der Waals surface area (Å²) < 4.78 is 1.71. The number of aromatic nitrogens is 3. The fourth-order valence-corrected chi connectivity index (χ4v) is 2.97. The van der Waals surface area contributed by atoms with Gasteiger partial charge in [-0.3, -0.25) is 0 Å². The van der Waals surface area contributed by atoms with E-state index < -0.39 is 5.97 Å². The number of allylic oxidation sites excluding steroid dienone is 1. The van der Waals surface area contributed by atoms with Crippen LogP contribution in [-0.2, 0) is 4.79 Å². The molecule has 6 nitrogen and oxygen atoms in total. The molecule has 0 aliphatic carbocycles. The lowest BCUT2D eigenvalue weighted by Crippen LogP contribution is -2.23. The zero-order valence-corrected chi connectivity index (χ0v) is 11.5. The summed E-state index contributed by atoms with van der Waals surface area (Å²) in [6.45, 7) is 0. The molecule has 0 amide bonds. The Hall–Kier alpha value is -1.80. The van der Waals surface area contributed by atoms with Crippen LogP contribution in [-0.4, -0.2) is 32.1 Å². The quantitative estimate of drug-likeness (QED) is 0.843. The summed E-state index contributed by atoms with van der Waals surface area (Å²) in [6, 6.07) is 3.67. The largest absolute Gasteiger partial charge is 0.477 e. The Morgan fingerprint density at radius 2 is 2.47 bits per heavy atom. The van der Waals surface area contributed by atoms with Gasteiger partial charge in [0.2, 0.25) is 11.1 Å². The van der Waals surface area contributed by atoms with Crippen LogP contribution in [0.2, 0.25) is 0 Å². The third-order valence-electron chi connectivity index (χ3n) is 2.69. The van der Waals surface area contributed by atoms with Crippen molar-refractivity contribution in [2.45, 2.75) is 11.2 Å². The van der Waals surface area contributed by atoms with E-state index in [1.165, 1.54) is 11.8 Å². The van der Waals surface area contributed by atoms with E-state index in [1.54, 1.807) is 22.1 Å². The molecule has 1 aliphatic rings. The highest BCUT2D eigenvalue weighted by Crippen LogP contribution is 2.32. The second-order valence-electron chi connectivity index (χ2n) is 3.84. The van der Waals surface area contributed by atoms with Crippen molar-refractivity contribution >= 4 is 35.0 Å². The summed E-state index contributed by atoms with van der Waals surface area (Å²) in [4.78, 5) is 16.5. The Bertz CT molecular complexity index is 648. The highest BCUT2D eigenvalue weighted by Gasteiger charge is 2.27. The first-order valence-corrected chi connectivity index (χ1v) is 7.55. The molecule has 2 N–H and O–H groups in total. The maximum absolute atomic E-state index is 11.2. The lowest BCUT2D eigenvalue weighted by atomic mass is 10.2. The van der Waals surface area contributed by atoms with Crippen LogP contribution in [0.1, 0.15) is 10.9 Å². The van der Waals surface area contributed by atoms with Gasteiger partial charge in [0.1, 0.15) is 11.7 Å². The molecule has 3 rings (SSSR count). The number of carbonyl (C=O) groups is 1. The SMILES string of the molecule is CSc1nc2n(n1)[C@@H](c1cccs1)C=C(C(=O)O)N2. The summed E-state index contributed by atoms with van der Waals surface area (Å²) in [5.74, 6) is -0.538. The molecular formula is C11H10N4O2S2. The summed E-state index contributed by atoms with van der Waals surface area (Å²) >= 11 is 2.98. The first-order valence-electron chi connectivity index (χ1n) is 5.45. The Morgan fingerprint density at radius 1 is 1.63 bits per heavy atom. The number of thiophene rings is 1. The number of nitrogens with zero attached hydrogens (tertiary/aromatic N) is 3. The molecule has 0 aromatic carbocycles. The van der Waals surface area contributed by atoms with E-state index in [1.807, 2.05) is 23.8 Å². The van der Waals surface area contributed by atoms with Gasteiger partial charge in [-0.1, -0.05) is 17.8 Å². The molecule has 1 atom stereocenters. The number of thioether (sulfide) groups is 1. The van der Waals surface area contributed by atoms with Gasteiger partial charge < -0.3 is 10.4 Å². The average molecular weight is 294 g/mol. The van der Waals surface area contributed by atoms with E-state index in [9.17, 15) is 4.79 Å². The van der Waals surface area contributed by atoms with Gasteiger partial charge in [-0.05, 0) is 23.8 Å². The minimum atomic E-state index is -0.999. The first-order chi connectivity index (χ1) is 9.19. The van der Waals surface area contributed by atoms with Crippen molar-refractivity contribution in [1.82, 2.24) is 14.8 Å². The van der Waals surface area contributed by atoms with Crippen LogP contribution in [0.4, 0.5) is 5.95 Å². The Morgan fingerprint density at radius 3 is 3.11 bits per heavy atom.